The lowest BCUT2D eigenvalue weighted by Gasteiger charge is -2.13. The number of hydrogen-bond acceptors (Lipinski definition) is 5. The molecule has 0 aliphatic rings. The van der Waals surface area contributed by atoms with Gasteiger partial charge in [-0.05, 0) is 41.2 Å². The summed E-state index contributed by atoms with van der Waals surface area (Å²) < 4.78 is 15.2. The number of fused-ring (bicyclic) bond motifs is 1. The van der Waals surface area contributed by atoms with Gasteiger partial charge < -0.3 is 9.47 Å². The van der Waals surface area contributed by atoms with E-state index in [9.17, 15) is 4.79 Å². The zero-order chi connectivity index (χ0) is 21.0. The van der Waals surface area contributed by atoms with Crippen molar-refractivity contribution < 1.29 is 19.0 Å². The van der Waals surface area contributed by atoms with Crippen LogP contribution in [0, 0.1) is 0 Å². The summed E-state index contributed by atoms with van der Waals surface area (Å²) in [7, 11) is 1.57. The van der Waals surface area contributed by atoms with Crippen LogP contribution in [0.2, 0.25) is 0 Å². The van der Waals surface area contributed by atoms with E-state index in [4.69, 9.17) is 9.47 Å². The Morgan fingerprint density at radius 2 is 2.07 bits per heavy atom. The number of nitrogens with zero attached hydrogens (tertiary/aromatic N) is 4. The van der Waals surface area contributed by atoms with Crippen LogP contribution in [0.15, 0.2) is 41.4 Å². The van der Waals surface area contributed by atoms with Crippen LogP contribution in [0.3, 0.4) is 0 Å². The van der Waals surface area contributed by atoms with E-state index in [-0.39, 0.29) is 18.4 Å². The van der Waals surface area contributed by atoms with Crippen molar-refractivity contribution in [3.63, 3.8) is 0 Å². The molecule has 2 aromatic heterocycles. The Balaban J connectivity index is 1.92. The number of ether oxygens (including phenoxy) is 2. The predicted octanol–water partition coefficient (Wildman–Crippen LogP) is 3.88. The lowest BCUT2D eigenvalue weighted by atomic mass is 10.1. The molecule has 0 saturated heterocycles. The molecular weight excluding hydrogens is 436 g/mol. The zero-order valence-electron chi connectivity index (χ0n) is 16.8. The van der Waals surface area contributed by atoms with E-state index < -0.39 is 0 Å². The number of rotatable bonds is 9. The maximum Gasteiger partial charge on any atom is 0.330 e. The van der Waals surface area contributed by atoms with Gasteiger partial charge in [-0.25, -0.2) is 0 Å². The third kappa shape index (κ3) is 4.64. The van der Waals surface area contributed by atoms with Crippen molar-refractivity contribution in [2.75, 3.05) is 7.11 Å². The molecule has 152 valence electrons. The maximum atomic E-state index is 12.8. The van der Waals surface area contributed by atoms with Gasteiger partial charge in [-0.3, -0.25) is 4.79 Å². The molecule has 0 spiro atoms. The molecule has 3 aromatic rings. The fourth-order valence-corrected chi connectivity index (χ4v) is 3.45. The Morgan fingerprint density at radius 3 is 2.72 bits per heavy atom. The Labute approximate surface area is 178 Å². The summed E-state index contributed by atoms with van der Waals surface area (Å²) in [5.41, 5.74) is 1.21. The van der Waals surface area contributed by atoms with Crippen LogP contribution in [0.25, 0.3) is 11.7 Å². The Morgan fingerprint density at radius 1 is 1.31 bits per heavy atom. The molecule has 3 rings (SSSR count). The summed E-state index contributed by atoms with van der Waals surface area (Å²) >= 11 is 3.41. The number of hydrogen-bond donors (Lipinski definition) is 0. The van der Waals surface area contributed by atoms with Gasteiger partial charge in [0.05, 0.1) is 7.11 Å². The van der Waals surface area contributed by atoms with Crippen molar-refractivity contribution in [1.82, 2.24) is 14.7 Å². The third-order valence-corrected chi connectivity index (χ3v) is 5.06. The Bertz CT molecular complexity index is 1040. The molecule has 0 fully saturated rings. The van der Waals surface area contributed by atoms with Gasteiger partial charge in [0.25, 0.3) is 11.7 Å². The van der Waals surface area contributed by atoms with Gasteiger partial charge in [0.1, 0.15) is 11.9 Å². The number of halogens is 1. The van der Waals surface area contributed by atoms with Gasteiger partial charge in [0.15, 0.2) is 6.54 Å². The van der Waals surface area contributed by atoms with Crippen molar-refractivity contribution in [2.24, 2.45) is 0 Å². The summed E-state index contributed by atoms with van der Waals surface area (Å²) in [4.78, 5) is 12.8. The van der Waals surface area contributed by atoms with E-state index in [0.717, 1.165) is 17.3 Å². The summed E-state index contributed by atoms with van der Waals surface area (Å²) in [5, 5.41) is 9.00. The normalized spacial score (nSPS) is 11.1. The SMILES string of the molecule is C=Cc1n[n+](CC(=O)c2cc(Br)cc(OC)c2)c2ccc(OC(CC)CC)nn12. The quantitative estimate of drug-likeness (QED) is 0.358. The summed E-state index contributed by atoms with van der Waals surface area (Å²) in [6.45, 7) is 8.02. The predicted molar refractivity (Wildman–Crippen MR) is 113 cm³/mol. The fourth-order valence-electron chi connectivity index (χ4n) is 2.98. The van der Waals surface area contributed by atoms with Gasteiger partial charge in [0, 0.05) is 28.2 Å². The van der Waals surface area contributed by atoms with Crippen LogP contribution in [0.5, 0.6) is 11.6 Å². The van der Waals surface area contributed by atoms with Crippen LogP contribution < -0.4 is 14.2 Å². The van der Waals surface area contributed by atoms with Crippen LogP contribution >= 0.6 is 15.9 Å². The molecular formula is C21H24BrN4O3+. The van der Waals surface area contributed by atoms with Crippen molar-refractivity contribution in [1.29, 1.82) is 0 Å². The molecule has 0 N–H and O–H groups in total. The molecule has 0 radical (unpaired) electrons. The first-order chi connectivity index (χ1) is 14.0. The number of Topliss-reactive ketones (excluding diaryl/α,β-unsaturated/α-hetero) is 1. The van der Waals surface area contributed by atoms with E-state index in [1.807, 2.05) is 6.07 Å². The molecule has 7 nitrogen and oxygen atoms in total. The molecule has 8 heteroatoms. The smallest absolute Gasteiger partial charge is 0.330 e. The molecule has 0 aliphatic carbocycles. The average molecular weight is 460 g/mol. The molecule has 29 heavy (non-hydrogen) atoms. The largest absolute Gasteiger partial charge is 0.497 e. The highest BCUT2D eigenvalue weighted by molar-refractivity contribution is 9.10. The fraction of sp³-hybridized carbons (Fsp3) is 0.333. The Hall–Kier alpha value is -2.74. The number of ketones is 1. The van der Waals surface area contributed by atoms with Crippen LogP contribution in [0.4, 0.5) is 0 Å². The van der Waals surface area contributed by atoms with Gasteiger partial charge in [-0.2, -0.15) is 0 Å². The number of carbonyl (C=O) groups excluding carboxylic acids is 1. The van der Waals surface area contributed by atoms with E-state index in [2.05, 4.69) is 46.6 Å². The monoisotopic (exact) mass is 459 g/mol. The van der Waals surface area contributed by atoms with Gasteiger partial charge in [0.2, 0.25) is 5.78 Å². The minimum Gasteiger partial charge on any atom is -0.497 e. The topological polar surface area (TPSA) is 69.6 Å². The summed E-state index contributed by atoms with van der Waals surface area (Å²) in [6.07, 6.45) is 3.51. The second-order valence-corrected chi connectivity index (χ2v) is 7.44. The lowest BCUT2D eigenvalue weighted by molar-refractivity contribution is -0.715. The average Bonchev–Trinajstić information content (AvgIpc) is 3.08. The molecule has 2 heterocycles. The van der Waals surface area contributed by atoms with Gasteiger partial charge in [-0.1, -0.05) is 40.9 Å². The van der Waals surface area contributed by atoms with Crippen molar-refractivity contribution >= 4 is 33.4 Å². The maximum absolute atomic E-state index is 12.8. The number of methoxy groups -OCH3 is 1. The first kappa shape index (κ1) is 21.0. The lowest BCUT2D eigenvalue weighted by Crippen LogP contribution is -2.40. The minimum absolute atomic E-state index is 0.0609. The highest BCUT2D eigenvalue weighted by Crippen LogP contribution is 2.21. The summed E-state index contributed by atoms with van der Waals surface area (Å²) in [5.74, 6) is 1.57. The minimum atomic E-state index is -0.0948. The molecule has 0 aliphatic heterocycles. The number of aromatic nitrogens is 4. The van der Waals surface area contributed by atoms with Gasteiger partial charge >= 0.3 is 5.65 Å². The Kier molecular flexibility index (Phi) is 6.64. The molecule has 0 unspecified atom stereocenters. The zero-order valence-corrected chi connectivity index (χ0v) is 18.3. The second-order valence-electron chi connectivity index (χ2n) is 6.52. The van der Waals surface area contributed by atoms with Crippen molar-refractivity contribution in [2.45, 2.75) is 39.3 Å². The summed E-state index contributed by atoms with van der Waals surface area (Å²) in [6, 6.07) is 8.92. The van der Waals surface area contributed by atoms with E-state index >= 15 is 0 Å². The van der Waals surface area contributed by atoms with E-state index in [1.54, 1.807) is 46.6 Å². The van der Waals surface area contributed by atoms with E-state index in [0.29, 0.717) is 28.7 Å². The van der Waals surface area contributed by atoms with Gasteiger partial charge in [-0.15, -0.1) is 4.68 Å². The van der Waals surface area contributed by atoms with Crippen LogP contribution in [0.1, 0.15) is 42.9 Å². The van der Waals surface area contributed by atoms with Crippen molar-refractivity contribution in [3.8, 4) is 11.6 Å². The molecule has 0 atom stereocenters. The first-order valence-corrected chi connectivity index (χ1v) is 10.2. The van der Waals surface area contributed by atoms with Crippen molar-refractivity contribution in [3.05, 3.63) is 52.8 Å². The van der Waals surface area contributed by atoms with Crippen LogP contribution in [-0.2, 0) is 6.54 Å². The molecule has 1 aromatic carbocycles. The molecule has 0 amide bonds. The molecule has 0 bridgehead atoms. The van der Waals surface area contributed by atoms with E-state index in [1.165, 1.54) is 0 Å². The number of benzene rings is 1. The molecule has 0 saturated carbocycles. The first-order valence-electron chi connectivity index (χ1n) is 9.45. The standard InChI is InChI=1S/C21H24BrN4O3/c1-5-16(6-2)29-20-8-9-21-25(23-19(7-3)26(21)24-20)13-18(27)14-10-15(22)12-17(11-14)28-4/h7-12,16H,3,5-6,13H2,1-2,4H3/q+1. The second kappa shape index (κ2) is 9.17. The highest BCUT2D eigenvalue weighted by Gasteiger charge is 2.23. The third-order valence-electron chi connectivity index (χ3n) is 4.60. The number of carbonyl (C=O) groups is 1. The van der Waals surface area contributed by atoms with Crippen LogP contribution in [-0.4, -0.2) is 33.7 Å². The highest BCUT2D eigenvalue weighted by atomic mass is 79.9.